The molecule has 0 aromatic heterocycles. The van der Waals surface area contributed by atoms with Crippen LogP contribution in [0.2, 0.25) is 0 Å². The first kappa shape index (κ1) is 23.2. The van der Waals surface area contributed by atoms with E-state index in [1.807, 2.05) is 48.5 Å². The van der Waals surface area contributed by atoms with Gasteiger partial charge in [-0.3, -0.25) is 4.79 Å². The molecule has 0 unspecified atom stereocenters. The second kappa shape index (κ2) is 10.3. The minimum absolute atomic E-state index is 0.0212. The molecule has 0 aliphatic carbocycles. The quantitative estimate of drug-likeness (QED) is 0.629. The summed E-state index contributed by atoms with van der Waals surface area (Å²) >= 11 is 3.36. The Kier molecular flexibility index (Phi) is 7.50. The number of benzene rings is 2. The number of hydrogen-bond acceptors (Lipinski definition) is 5. The summed E-state index contributed by atoms with van der Waals surface area (Å²) in [6.45, 7) is 3.94. The third-order valence-electron chi connectivity index (χ3n) is 5.99. The van der Waals surface area contributed by atoms with E-state index in [0.717, 1.165) is 47.7 Å². The molecule has 2 fully saturated rings. The molecule has 172 valence electrons. The number of carbonyl (C=O) groups excluding carboxylic acids is 1. The normalized spacial score (nSPS) is 18.5. The molecule has 2 aromatic rings. The summed E-state index contributed by atoms with van der Waals surface area (Å²) in [4.78, 5) is 15.0. The Bertz CT molecular complexity index is 1010. The van der Waals surface area contributed by atoms with Crippen molar-refractivity contribution in [1.29, 1.82) is 0 Å². The fourth-order valence-corrected chi connectivity index (χ4v) is 5.93. The van der Waals surface area contributed by atoms with Crippen LogP contribution in [0.3, 0.4) is 0 Å². The Labute approximate surface area is 197 Å². The van der Waals surface area contributed by atoms with Crippen LogP contribution in [0, 0.1) is 5.92 Å². The smallest absolute Gasteiger partial charge is 0.227 e. The predicted molar refractivity (Wildman–Crippen MR) is 129 cm³/mol. The van der Waals surface area contributed by atoms with E-state index in [-0.39, 0.29) is 17.6 Å². The third-order valence-corrected chi connectivity index (χ3v) is 8.37. The van der Waals surface area contributed by atoms with E-state index >= 15 is 0 Å². The molecule has 0 radical (unpaired) electrons. The van der Waals surface area contributed by atoms with Crippen molar-refractivity contribution in [2.24, 2.45) is 5.92 Å². The fraction of sp³-hybridized carbons (Fsp3) is 0.435. The Morgan fingerprint density at radius 1 is 0.969 bits per heavy atom. The van der Waals surface area contributed by atoms with Crippen LogP contribution in [-0.2, 0) is 25.3 Å². The van der Waals surface area contributed by atoms with E-state index in [4.69, 9.17) is 4.74 Å². The summed E-state index contributed by atoms with van der Waals surface area (Å²) in [6, 6.07) is 15.2. The summed E-state index contributed by atoms with van der Waals surface area (Å²) in [7, 11) is -3.40. The molecule has 1 N–H and O–H groups in total. The largest absolute Gasteiger partial charge is 0.378 e. The standard InChI is InChI=1S/C23H28BrN3O4S/c24-20-3-1-18(2-4-20)17-32(29,30)27-11-9-19(10-12-27)23(28)25-21-5-7-22(8-6-21)26-13-15-31-16-14-26/h1-8,19H,9-17H2,(H,25,28). The van der Waals surface area contributed by atoms with Gasteiger partial charge in [0.05, 0.1) is 19.0 Å². The maximum atomic E-state index is 12.8. The molecular weight excluding hydrogens is 494 g/mol. The highest BCUT2D eigenvalue weighted by atomic mass is 79.9. The number of hydrogen-bond donors (Lipinski definition) is 1. The molecule has 4 rings (SSSR count). The maximum absolute atomic E-state index is 12.8. The zero-order chi connectivity index (χ0) is 22.6. The number of nitrogens with one attached hydrogen (secondary N) is 1. The first-order valence-electron chi connectivity index (χ1n) is 10.9. The van der Waals surface area contributed by atoms with Gasteiger partial charge in [0.2, 0.25) is 15.9 Å². The molecule has 9 heteroatoms. The van der Waals surface area contributed by atoms with Gasteiger partial charge in [-0.15, -0.1) is 0 Å². The second-order valence-electron chi connectivity index (χ2n) is 8.19. The van der Waals surface area contributed by atoms with Crippen LogP contribution < -0.4 is 10.2 Å². The average Bonchev–Trinajstić information content (AvgIpc) is 2.81. The van der Waals surface area contributed by atoms with Gasteiger partial charge >= 0.3 is 0 Å². The molecule has 0 saturated carbocycles. The molecule has 2 saturated heterocycles. The van der Waals surface area contributed by atoms with E-state index in [1.165, 1.54) is 4.31 Å². The molecule has 0 atom stereocenters. The van der Waals surface area contributed by atoms with E-state index < -0.39 is 10.0 Å². The van der Waals surface area contributed by atoms with Crippen molar-refractivity contribution >= 4 is 43.2 Å². The van der Waals surface area contributed by atoms with Crippen molar-refractivity contribution in [3.05, 3.63) is 58.6 Å². The summed E-state index contributed by atoms with van der Waals surface area (Å²) in [5.41, 5.74) is 2.64. The highest BCUT2D eigenvalue weighted by molar-refractivity contribution is 9.10. The lowest BCUT2D eigenvalue weighted by atomic mass is 9.97. The van der Waals surface area contributed by atoms with Gasteiger partial charge in [0, 0.05) is 47.9 Å². The molecule has 2 aliphatic heterocycles. The molecule has 2 aliphatic rings. The van der Waals surface area contributed by atoms with Gasteiger partial charge in [0.15, 0.2) is 0 Å². The third kappa shape index (κ3) is 5.89. The van der Waals surface area contributed by atoms with Crippen LogP contribution in [0.4, 0.5) is 11.4 Å². The van der Waals surface area contributed by atoms with Gasteiger partial charge in [0.1, 0.15) is 0 Å². The Morgan fingerprint density at radius 3 is 2.22 bits per heavy atom. The van der Waals surface area contributed by atoms with Crippen molar-refractivity contribution in [2.45, 2.75) is 18.6 Å². The zero-order valence-corrected chi connectivity index (χ0v) is 20.3. The second-order valence-corrected chi connectivity index (χ2v) is 11.1. The highest BCUT2D eigenvalue weighted by Crippen LogP contribution is 2.25. The molecular formula is C23H28BrN3O4S. The minimum atomic E-state index is -3.40. The summed E-state index contributed by atoms with van der Waals surface area (Å²) in [5.74, 6) is -0.255. The Balaban J connectivity index is 1.28. The molecule has 7 nitrogen and oxygen atoms in total. The van der Waals surface area contributed by atoms with Gasteiger partial charge in [-0.1, -0.05) is 28.1 Å². The predicted octanol–water partition coefficient (Wildman–Crippen LogP) is 3.47. The van der Waals surface area contributed by atoms with Crippen molar-refractivity contribution in [1.82, 2.24) is 4.31 Å². The lowest BCUT2D eigenvalue weighted by Crippen LogP contribution is -2.41. The molecule has 32 heavy (non-hydrogen) atoms. The van der Waals surface area contributed by atoms with Crippen molar-refractivity contribution < 1.29 is 17.9 Å². The van der Waals surface area contributed by atoms with Gasteiger partial charge in [-0.2, -0.15) is 0 Å². The van der Waals surface area contributed by atoms with Gasteiger partial charge < -0.3 is 15.0 Å². The zero-order valence-electron chi connectivity index (χ0n) is 17.9. The monoisotopic (exact) mass is 521 g/mol. The molecule has 2 aromatic carbocycles. The number of nitrogens with zero attached hydrogens (tertiary/aromatic N) is 2. The van der Waals surface area contributed by atoms with E-state index in [0.29, 0.717) is 25.9 Å². The SMILES string of the molecule is O=C(Nc1ccc(N2CCOCC2)cc1)C1CCN(S(=O)(=O)Cc2ccc(Br)cc2)CC1. The first-order valence-corrected chi connectivity index (χ1v) is 13.3. The van der Waals surface area contributed by atoms with E-state index in [1.54, 1.807) is 0 Å². The number of morpholine rings is 1. The fourth-order valence-electron chi connectivity index (χ4n) is 4.10. The highest BCUT2D eigenvalue weighted by Gasteiger charge is 2.31. The van der Waals surface area contributed by atoms with E-state index in [2.05, 4.69) is 26.1 Å². The maximum Gasteiger partial charge on any atom is 0.227 e. The number of carbonyl (C=O) groups is 1. The Hall–Kier alpha value is -1.94. The van der Waals surface area contributed by atoms with Gasteiger partial charge in [-0.05, 0) is 54.8 Å². The van der Waals surface area contributed by atoms with Crippen LogP contribution in [0.1, 0.15) is 18.4 Å². The molecule has 0 spiro atoms. The average molecular weight is 522 g/mol. The molecule has 1 amide bonds. The number of rotatable bonds is 6. The van der Waals surface area contributed by atoms with E-state index in [9.17, 15) is 13.2 Å². The van der Waals surface area contributed by atoms with Crippen LogP contribution in [-0.4, -0.2) is 58.0 Å². The number of ether oxygens (including phenoxy) is 1. The lowest BCUT2D eigenvalue weighted by molar-refractivity contribution is -0.120. The number of halogens is 1. The van der Waals surface area contributed by atoms with Crippen LogP contribution in [0.5, 0.6) is 0 Å². The number of amides is 1. The number of piperidine rings is 1. The van der Waals surface area contributed by atoms with Gasteiger partial charge in [0.25, 0.3) is 0 Å². The van der Waals surface area contributed by atoms with Crippen LogP contribution in [0.25, 0.3) is 0 Å². The lowest BCUT2D eigenvalue weighted by Gasteiger charge is -2.31. The van der Waals surface area contributed by atoms with Crippen molar-refractivity contribution in [3.8, 4) is 0 Å². The topological polar surface area (TPSA) is 79.0 Å². The van der Waals surface area contributed by atoms with Crippen molar-refractivity contribution in [2.75, 3.05) is 49.6 Å². The van der Waals surface area contributed by atoms with Gasteiger partial charge in [-0.25, -0.2) is 12.7 Å². The van der Waals surface area contributed by atoms with Crippen LogP contribution >= 0.6 is 15.9 Å². The molecule has 0 bridgehead atoms. The summed E-state index contributed by atoms with van der Waals surface area (Å²) in [6.07, 6.45) is 1.05. The summed E-state index contributed by atoms with van der Waals surface area (Å²) < 4.78 is 33.4. The minimum Gasteiger partial charge on any atom is -0.378 e. The number of sulfonamides is 1. The molecule has 2 heterocycles. The summed E-state index contributed by atoms with van der Waals surface area (Å²) in [5, 5.41) is 2.99. The van der Waals surface area contributed by atoms with Crippen LogP contribution in [0.15, 0.2) is 53.0 Å². The number of anilines is 2. The first-order chi connectivity index (χ1) is 15.4. The van der Waals surface area contributed by atoms with Crippen molar-refractivity contribution in [3.63, 3.8) is 0 Å². The Morgan fingerprint density at radius 2 is 1.59 bits per heavy atom.